The van der Waals surface area contributed by atoms with Crippen molar-refractivity contribution in [3.8, 4) is 0 Å². The maximum atomic E-state index is 12.2. The monoisotopic (exact) mass is 300 g/mol. The van der Waals surface area contributed by atoms with E-state index in [1.807, 2.05) is 6.92 Å². The lowest BCUT2D eigenvalue weighted by atomic mass is 10.3. The first-order valence-corrected chi connectivity index (χ1v) is 7.95. The van der Waals surface area contributed by atoms with Gasteiger partial charge in [0.15, 0.2) is 0 Å². The van der Waals surface area contributed by atoms with Crippen LogP contribution in [0, 0.1) is 0 Å². The first-order valence-electron chi connectivity index (χ1n) is 6.25. The van der Waals surface area contributed by atoms with Crippen LogP contribution in [0.2, 0.25) is 5.02 Å². The Balaban J connectivity index is 2.05. The van der Waals surface area contributed by atoms with Crippen molar-refractivity contribution in [1.82, 2.24) is 4.90 Å². The highest BCUT2D eigenvalue weighted by Crippen LogP contribution is 2.27. The van der Waals surface area contributed by atoms with Crippen LogP contribution in [-0.2, 0) is 15.6 Å². The van der Waals surface area contributed by atoms with Crippen LogP contribution in [-0.4, -0.2) is 33.4 Å². The Morgan fingerprint density at radius 3 is 2.74 bits per heavy atom. The minimum absolute atomic E-state index is 0.0177. The Hall–Kier alpha value is -1.07. The normalized spacial score (nSPS) is 16.1. The lowest BCUT2D eigenvalue weighted by molar-refractivity contribution is -0.128. The smallest absolute Gasteiger partial charge is 0.235 e. The summed E-state index contributed by atoms with van der Waals surface area (Å²) < 4.78 is 12.2. The van der Waals surface area contributed by atoms with Crippen molar-refractivity contribution in [2.24, 2.45) is 0 Å². The Kier molecular flexibility index (Phi) is 4.47. The third-order valence-electron chi connectivity index (χ3n) is 3.12. The van der Waals surface area contributed by atoms with Crippen molar-refractivity contribution in [3.63, 3.8) is 0 Å². The zero-order valence-electron chi connectivity index (χ0n) is 10.8. The first kappa shape index (κ1) is 14.3. The molecule has 104 valence electrons. The number of nitrogens with zero attached hydrogens (tertiary/aromatic N) is 1. The van der Waals surface area contributed by atoms with E-state index >= 15 is 0 Å². The predicted octanol–water partition coefficient (Wildman–Crippen LogP) is 2.04. The van der Waals surface area contributed by atoms with Crippen LogP contribution in [0.25, 0.3) is 0 Å². The second-order valence-corrected chi connectivity index (χ2v) is 6.44. The summed E-state index contributed by atoms with van der Waals surface area (Å²) in [6.07, 6.45) is 2.10. The lowest BCUT2D eigenvalue weighted by Crippen LogP contribution is -2.36. The third-order valence-corrected chi connectivity index (χ3v) is 4.73. The molecule has 2 rings (SSSR count). The van der Waals surface area contributed by atoms with E-state index in [2.05, 4.69) is 0 Å². The predicted molar refractivity (Wildman–Crippen MR) is 77.5 cm³/mol. The van der Waals surface area contributed by atoms with E-state index in [9.17, 15) is 9.00 Å². The van der Waals surface area contributed by atoms with Gasteiger partial charge in [0.25, 0.3) is 0 Å². The zero-order valence-corrected chi connectivity index (χ0v) is 12.3. The summed E-state index contributed by atoms with van der Waals surface area (Å²) in [7, 11) is -1.42. The van der Waals surface area contributed by atoms with E-state index < -0.39 is 10.8 Å². The fourth-order valence-electron chi connectivity index (χ4n) is 2.02. The number of hydrogen-bond acceptors (Lipinski definition) is 3. The Morgan fingerprint density at radius 2 is 2.21 bits per heavy atom. The lowest BCUT2D eigenvalue weighted by Gasteiger charge is -2.20. The average Bonchev–Trinajstić information content (AvgIpc) is 3.14. The van der Waals surface area contributed by atoms with Crippen molar-refractivity contribution in [3.05, 3.63) is 23.2 Å². The highest BCUT2D eigenvalue weighted by atomic mass is 35.5. The number of benzene rings is 1. The molecule has 1 unspecified atom stereocenters. The number of halogens is 1. The van der Waals surface area contributed by atoms with Crippen LogP contribution in [0.3, 0.4) is 0 Å². The fraction of sp³-hybridized carbons (Fsp3) is 0.462. The van der Waals surface area contributed by atoms with Gasteiger partial charge >= 0.3 is 0 Å². The van der Waals surface area contributed by atoms with Crippen LogP contribution in [0.4, 0.5) is 5.69 Å². The van der Waals surface area contributed by atoms with Gasteiger partial charge in [0.1, 0.15) is 5.75 Å². The molecule has 1 aliphatic carbocycles. The Morgan fingerprint density at radius 1 is 1.53 bits per heavy atom. The molecule has 1 aromatic rings. The Labute approximate surface area is 120 Å². The van der Waals surface area contributed by atoms with Crippen LogP contribution in [0.15, 0.2) is 23.1 Å². The van der Waals surface area contributed by atoms with E-state index in [1.165, 1.54) is 0 Å². The zero-order chi connectivity index (χ0) is 14.0. The molecule has 0 saturated heterocycles. The van der Waals surface area contributed by atoms with Crippen LogP contribution < -0.4 is 5.73 Å². The number of nitrogen functional groups attached to an aromatic ring is 1. The summed E-state index contributed by atoms with van der Waals surface area (Å²) in [6, 6.07) is 5.15. The van der Waals surface area contributed by atoms with Crippen molar-refractivity contribution in [1.29, 1.82) is 0 Å². The molecule has 1 aromatic carbocycles. The van der Waals surface area contributed by atoms with Crippen LogP contribution >= 0.6 is 11.6 Å². The molecule has 0 bridgehead atoms. The number of carbonyl (C=O) groups excluding carboxylic acids is 1. The van der Waals surface area contributed by atoms with Gasteiger partial charge in [0.05, 0.1) is 15.7 Å². The van der Waals surface area contributed by atoms with Crippen molar-refractivity contribution in [2.75, 3.05) is 18.0 Å². The summed E-state index contributed by atoms with van der Waals surface area (Å²) in [4.78, 5) is 14.4. The van der Waals surface area contributed by atoms with Gasteiger partial charge in [-0.3, -0.25) is 9.00 Å². The van der Waals surface area contributed by atoms with Gasteiger partial charge in [0.2, 0.25) is 5.91 Å². The quantitative estimate of drug-likeness (QED) is 0.846. The number of anilines is 1. The maximum absolute atomic E-state index is 12.2. The molecule has 1 fully saturated rings. The minimum atomic E-state index is -1.42. The number of rotatable bonds is 5. The number of nitrogens with two attached hydrogens (primary N) is 1. The molecule has 0 aliphatic heterocycles. The molecule has 0 radical (unpaired) electrons. The molecule has 2 N–H and O–H groups in total. The number of amides is 1. The number of hydrogen-bond donors (Lipinski definition) is 1. The molecular weight excluding hydrogens is 284 g/mol. The van der Waals surface area contributed by atoms with Gasteiger partial charge in [-0.2, -0.15) is 0 Å². The highest BCUT2D eigenvalue weighted by Gasteiger charge is 2.32. The van der Waals surface area contributed by atoms with Crippen molar-refractivity contribution >= 4 is 34.0 Å². The van der Waals surface area contributed by atoms with E-state index in [-0.39, 0.29) is 11.7 Å². The topological polar surface area (TPSA) is 63.4 Å². The highest BCUT2D eigenvalue weighted by molar-refractivity contribution is 7.86. The molecule has 4 nitrogen and oxygen atoms in total. The molecule has 0 spiro atoms. The SMILES string of the molecule is CCN(C(=O)CS(=O)c1ccc(Cl)cc1N)C1CC1. The summed E-state index contributed by atoms with van der Waals surface area (Å²) in [5.41, 5.74) is 6.14. The van der Waals surface area contributed by atoms with Crippen LogP contribution in [0.1, 0.15) is 19.8 Å². The second-order valence-electron chi connectivity index (χ2n) is 4.58. The minimum Gasteiger partial charge on any atom is -0.398 e. The molecular formula is C13H17ClN2O2S. The molecule has 19 heavy (non-hydrogen) atoms. The second kappa shape index (κ2) is 5.92. The molecule has 1 saturated carbocycles. The maximum Gasteiger partial charge on any atom is 0.235 e. The molecule has 1 aliphatic rings. The third kappa shape index (κ3) is 3.48. The van der Waals surface area contributed by atoms with Crippen LogP contribution in [0.5, 0.6) is 0 Å². The molecule has 0 heterocycles. The Bertz CT molecular complexity index is 517. The van der Waals surface area contributed by atoms with Gasteiger partial charge in [-0.25, -0.2) is 0 Å². The largest absolute Gasteiger partial charge is 0.398 e. The van der Waals surface area contributed by atoms with E-state index in [0.29, 0.717) is 28.2 Å². The van der Waals surface area contributed by atoms with E-state index in [0.717, 1.165) is 12.8 Å². The van der Waals surface area contributed by atoms with Crippen molar-refractivity contribution < 1.29 is 9.00 Å². The van der Waals surface area contributed by atoms with Gasteiger partial charge in [-0.1, -0.05) is 11.6 Å². The summed E-state index contributed by atoms with van der Waals surface area (Å²) in [6.45, 7) is 2.60. The first-order chi connectivity index (χ1) is 9.02. The van der Waals surface area contributed by atoms with Gasteiger partial charge in [-0.05, 0) is 38.0 Å². The molecule has 1 amide bonds. The van der Waals surface area contributed by atoms with Gasteiger partial charge in [-0.15, -0.1) is 0 Å². The average molecular weight is 301 g/mol. The summed E-state index contributed by atoms with van der Waals surface area (Å²) in [5, 5.41) is 0.498. The van der Waals surface area contributed by atoms with E-state index in [4.69, 9.17) is 17.3 Å². The summed E-state index contributed by atoms with van der Waals surface area (Å²) in [5.74, 6) is -0.0893. The molecule has 1 atom stereocenters. The number of carbonyl (C=O) groups is 1. The van der Waals surface area contributed by atoms with E-state index in [1.54, 1.807) is 23.1 Å². The standard InChI is InChI=1S/C13H17ClN2O2S/c1-2-16(10-4-5-10)13(17)8-19(18)12-6-3-9(14)7-11(12)15/h3,6-7,10H,2,4-5,8,15H2,1H3. The van der Waals surface area contributed by atoms with Gasteiger partial charge < -0.3 is 10.6 Å². The molecule has 6 heteroatoms. The molecule has 0 aromatic heterocycles. The fourth-order valence-corrected chi connectivity index (χ4v) is 3.29. The van der Waals surface area contributed by atoms with Crippen molar-refractivity contribution in [2.45, 2.75) is 30.7 Å². The van der Waals surface area contributed by atoms with Gasteiger partial charge in [0, 0.05) is 23.3 Å². The summed E-state index contributed by atoms with van der Waals surface area (Å²) >= 11 is 5.80.